The molecule has 25 heavy (non-hydrogen) atoms. The van der Waals surface area contributed by atoms with E-state index in [1.807, 2.05) is 49.4 Å². The molecule has 3 rings (SSSR count). The van der Waals surface area contributed by atoms with Gasteiger partial charge in [-0.2, -0.15) is 0 Å². The second-order valence-corrected chi connectivity index (χ2v) is 6.14. The van der Waals surface area contributed by atoms with Gasteiger partial charge in [0.05, 0.1) is 0 Å². The fourth-order valence-electron chi connectivity index (χ4n) is 2.91. The summed E-state index contributed by atoms with van der Waals surface area (Å²) in [6.07, 6.45) is 3.72. The number of hydrogen-bond donors (Lipinski definition) is 0. The van der Waals surface area contributed by atoms with Crippen LogP contribution >= 0.6 is 0 Å². The monoisotopic (exact) mass is 334 g/mol. The van der Waals surface area contributed by atoms with Gasteiger partial charge in [-0.3, -0.25) is 9.78 Å². The van der Waals surface area contributed by atoms with Gasteiger partial charge < -0.3 is 9.64 Å². The summed E-state index contributed by atoms with van der Waals surface area (Å²) in [4.78, 5) is 18.0. The maximum Gasteiger partial charge on any atom is 0.263 e. The zero-order chi connectivity index (χ0) is 17.8. The molecule has 2 aromatic carbocycles. The second kappa shape index (κ2) is 7.34. The lowest BCUT2D eigenvalue weighted by Crippen LogP contribution is -2.37. The van der Waals surface area contributed by atoms with E-state index in [2.05, 4.69) is 11.1 Å². The van der Waals surface area contributed by atoms with Crippen LogP contribution in [-0.2, 0) is 4.79 Å². The number of benzene rings is 2. The Morgan fingerprint density at radius 3 is 2.36 bits per heavy atom. The van der Waals surface area contributed by atoms with Crippen LogP contribution in [0.15, 0.2) is 60.9 Å². The van der Waals surface area contributed by atoms with Crippen molar-refractivity contribution < 1.29 is 9.53 Å². The van der Waals surface area contributed by atoms with Gasteiger partial charge in [0.25, 0.3) is 5.91 Å². The van der Waals surface area contributed by atoms with E-state index in [9.17, 15) is 4.79 Å². The van der Waals surface area contributed by atoms with Crippen molar-refractivity contribution in [1.29, 1.82) is 0 Å². The van der Waals surface area contributed by atoms with Gasteiger partial charge in [-0.15, -0.1) is 0 Å². The molecule has 0 radical (unpaired) electrons. The van der Waals surface area contributed by atoms with Crippen molar-refractivity contribution in [3.05, 3.63) is 60.9 Å². The average molecular weight is 334 g/mol. The van der Waals surface area contributed by atoms with Crippen molar-refractivity contribution in [3.8, 4) is 16.9 Å². The Balaban J connectivity index is 2.05. The molecule has 1 aromatic heterocycles. The number of carbonyl (C=O) groups is 1. The minimum atomic E-state index is -0.481. The first-order chi connectivity index (χ1) is 12.1. The summed E-state index contributed by atoms with van der Waals surface area (Å²) in [7, 11) is 3.50. The zero-order valence-corrected chi connectivity index (χ0v) is 14.8. The Kier molecular flexibility index (Phi) is 4.98. The Morgan fingerprint density at radius 2 is 1.72 bits per heavy atom. The predicted molar refractivity (Wildman–Crippen MR) is 101 cm³/mol. The number of amides is 1. The zero-order valence-electron chi connectivity index (χ0n) is 14.8. The van der Waals surface area contributed by atoms with E-state index in [1.54, 1.807) is 31.4 Å². The molecule has 0 bridgehead atoms. The van der Waals surface area contributed by atoms with Crippen molar-refractivity contribution >= 4 is 16.7 Å². The van der Waals surface area contributed by atoms with Crippen LogP contribution < -0.4 is 4.74 Å². The minimum absolute atomic E-state index is 0.0233. The second-order valence-electron chi connectivity index (χ2n) is 6.14. The molecule has 0 aliphatic rings. The summed E-state index contributed by atoms with van der Waals surface area (Å²) in [5.41, 5.74) is 2.23. The van der Waals surface area contributed by atoms with E-state index in [-0.39, 0.29) is 5.91 Å². The third-order valence-electron chi connectivity index (χ3n) is 4.23. The van der Waals surface area contributed by atoms with Crippen LogP contribution in [0.25, 0.3) is 21.9 Å². The van der Waals surface area contributed by atoms with Gasteiger partial charge in [-0.25, -0.2) is 0 Å². The first-order valence-electron chi connectivity index (χ1n) is 8.41. The fraction of sp³-hybridized carbons (Fsp3) is 0.238. The molecule has 1 unspecified atom stereocenters. The standard InChI is InChI=1S/C21H22N2O2/c1-4-19(21(24)23(2)3)25-20-10-9-16(15-11-13-22-14-12-15)17-7-5-6-8-18(17)20/h5-14,19H,4H2,1-3H3. The van der Waals surface area contributed by atoms with Crippen LogP contribution in [0.2, 0.25) is 0 Å². The quantitative estimate of drug-likeness (QED) is 0.704. The molecule has 128 valence electrons. The van der Waals surface area contributed by atoms with E-state index in [1.165, 1.54) is 0 Å². The number of aromatic nitrogens is 1. The lowest BCUT2D eigenvalue weighted by Gasteiger charge is -2.22. The summed E-state index contributed by atoms with van der Waals surface area (Å²) in [5, 5.41) is 2.10. The lowest BCUT2D eigenvalue weighted by atomic mass is 9.98. The van der Waals surface area contributed by atoms with Crippen molar-refractivity contribution in [2.45, 2.75) is 19.4 Å². The van der Waals surface area contributed by atoms with Crippen molar-refractivity contribution in [2.24, 2.45) is 0 Å². The van der Waals surface area contributed by atoms with Gasteiger partial charge in [0.2, 0.25) is 0 Å². The molecular formula is C21H22N2O2. The van der Waals surface area contributed by atoms with Gasteiger partial charge in [-0.1, -0.05) is 37.3 Å². The predicted octanol–water partition coefficient (Wildman–Crippen LogP) is 4.15. The van der Waals surface area contributed by atoms with Gasteiger partial charge in [0, 0.05) is 31.9 Å². The highest BCUT2D eigenvalue weighted by atomic mass is 16.5. The van der Waals surface area contributed by atoms with Crippen molar-refractivity contribution in [1.82, 2.24) is 9.88 Å². The number of hydrogen-bond acceptors (Lipinski definition) is 3. The Labute approximate surface area is 148 Å². The summed E-state index contributed by atoms with van der Waals surface area (Å²) < 4.78 is 6.09. The largest absolute Gasteiger partial charge is 0.480 e. The van der Waals surface area contributed by atoms with E-state index in [0.29, 0.717) is 6.42 Å². The SMILES string of the molecule is CCC(Oc1ccc(-c2ccncc2)c2ccccc12)C(=O)N(C)C. The minimum Gasteiger partial charge on any atom is -0.480 e. The van der Waals surface area contributed by atoms with Crippen LogP contribution in [0.5, 0.6) is 5.75 Å². The van der Waals surface area contributed by atoms with Crippen LogP contribution in [0.4, 0.5) is 0 Å². The summed E-state index contributed by atoms with van der Waals surface area (Å²) in [5.74, 6) is 0.709. The molecule has 0 saturated heterocycles. The maximum atomic E-state index is 12.3. The molecule has 3 aromatic rings. The number of rotatable bonds is 5. The molecule has 1 amide bonds. The molecular weight excluding hydrogens is 312 g/mol. The highest BCUT2D eigenvalue weighted by Gasteiger charge is 2.21. The average Bonchev–Trinajstić information content (AvgIpc) is 2.66. The van der Waals surface area contributed by atoms with Gasteiger partial charge >= 0.3 is 0 Å². The van der Waals surface area contributed by atoms with Crippen LogP contribution in [0.1, 0.15) is 13.3 Å². The molecule has 0 saturated carbocycles. The molecule has 0 N–H and O–H groups in total. The highest BCUT2D eigenvalue weighted by molar-refractivity contribution is 6.00. The van der Waals surface area contributed by atoms with Crippen molar-refractivity contribution in [2.75, 3.05) is 14.1 Å². The third-order valence-corrected chi connectivity index (χ3v) is 4.23. The van der Waals surface area contributed by atoms with E-state index in [0.717, 1.165) is 27.6 Å². The molecule has 1 atom stereocenters. The fourth-order valence-corrected chi connectivity index (χ4v) is 2.91. The summed E-state index contributed by atoms with van der Waals surface area (Å²) >= 11 is 0. The summed E-state index contributed by atoms with van der Waals surface area (Å²) in [6.45, 7) is 1.96. The maximum absolute atomic E-state index is 12.3. The number of carbonyl (C=O) groups excluding carboxylic acids is 1. The third kappa shape index (κ3) is 3.48. The molecule has 4 nitrogen and oxygen atoms in total. The molecule has 4 heteroatoms. The number of likely N-dealkylation sites (N-methyl/N-ethyl adjacent to an activating group) is 1. The van der Waals surface area contributed by atoms with Gasteiger partial charge in [0.15, 0.2) is 6.10 Å². The molecule has 0 spiro atoms. The first kappa shape index (κ1) is 17.0. The number of nitrogens with zero attached hydrogens (tertiary/aromatic N) is 2. The van der Waals surface area contributed by atoms with Crippen LogP contribution in [0.3, 0.4) is 0 Å². The summed E-state index contributed by atoms with van der Waals surface area (Å²) in [6, 6.07) is 16.1. The number of ether oxygens (including phenoxy) is 1. The van der Waals surface area contributed by atoms with E-state index < -0.39 is 6.10 Å². The smallest absolute Gasteiger partial charge is 0.263 e. The van der Waals surface area contributed by atoms with E-state index >= 15 is 0 Å². The molecule has 1 heterocycles. The van der Waals surface area contributed by atoms with E-state index in [4.69, 9.17) is 4.74 Å². The Hall–Kier alpha value is -2.88. The van der Waals surface area contributed by atoms with Gasteiger partial charge in [-0.05, 0) is 41.1 Å². The number of pyridine rings is 1. The van der Waals surface area contributed by atoms with Crippen molar-refractivity contribution in [3.63, 3.8) is 0 Å². The Bertz CT molecular complexity index is 875. The molecule has 0 aliphatic carbocycles. The first-order valence-corrected chi connectivity index (χ1v) is 8.41. The normalized spacial score (nSPS) is 12.0. The Morgan fingerprint density at radius 1 is 1.04 bits per heavy atom. The molecule has 0 fully saturated rings. The van der Waals surface area contributed by atoms with Gasteiger partial charge in [0.1, 0.15) is 5.75 Å². The van der Waals surface area contributed by atoms with Crippen LogP contribution in [-0.4, -0.2) is 36.0 Å². The number of fused-ring (bicyclic) bond motifs is 1. The van der Waals surface area contributed by atoms with Crippen LogP contribution in [0, 0.1) is 0 Å². The lowest BCUT2D eigenvalue weighted by molar-refractivity contribution is -0.136. The molecule has 0 aliphatic heterocycles. The topological polar surface area (TPSA) is 42.4 Å². The highest BCUT2D eigenvalue weighted by Crippen LogP contribution is 2.34.